The minimum Gasteiger partial charge on any atom is -0.366 e. The minimum atomic E-state index is -0.527. The van der Waals surface area contributed by atoms with E-state index in [0.717, 1.165) is 13.0 Å². The highest BCUT2D eigenvalue weighted by Gasteiger charge is 2.09. The lowest BCUT2D eigenvalue weighted by molar-refractivity contribution is 0.1000. The van der Waals surface area contributed by atoms with Gasteiger partial charge in [0.05, 0.1) is 0 Å². The van der Waals surface area contributed by atoms with Crippen molar-refractivity contribution in [3.8, 4) is 0 Å². The van der Waals surface area contributed by atoms with Crippen LogP contribution in [0.2, 0.25) is 0 Å². The molecule has 0 aliphatic carbocycles. The molecular weight excluding hydrogens is 255 g/mol. The molecule has 0 aliphatic rings. The molecule has 3 N–H and O–H groups in total. The first-order valence-electron chi connectivity index (χ1n) is 7.37. The van der Waals surface area contributed by atoms with Crippen LogP contribution in [0.5, 0.6) is 0 Å². The second-order valence-electron chi connectivity index (χ2n) is 5.22. The third-order valence-corrected chi connectivity index (χ3v) is 3.62. The molecule has 1 aromatic carbocycles. The summed E-state index contributed by atoms with van der Waals surface area (Å²) in [5, 5.41) is 3.28. The number of carbonyl (C=O) groups is 1. The molecule has 3 nitrogen and oxygen atoms in total. The van der Waals surface area contributed by atoms with Crippen LogP contribution in [0.3, 0.4) is 0 Å². The molecule has 0 aromatic heterocycles. The number of nitrogens with two attached hydrogens (primary N) is 1. The van der Waals surface area contributed by atoms with Crippen molar-refractivity contribution in [1.29, 1.82) is 0 Å². The number of nitrogens with one attached hydrogen (secondary N) is 1. The van der Waals surface area contributed by atoms with E-state index in [2.05, 4.69) is 19.2 Å². The van der Waals surface area contributed by atoms with Gasteiger partial charge in [0.2, 0.25) is 5.91 Å². The third-order valence-electron chi connectivity index (χ3n) is 3.62. The lowest BCUT2D eigenvalue weighted by Gasteiger charge is -2.15. The van der Waals surface area contributed by atoms with Crippen LogP contribution < -0.4 is 11.1 Å². The Hall–Kier alpha value is -1.42. The zero-order valence-electron chi connectivity index (χ0n) is 12.4. The SMILES string of the molecule is CCCCC(CC)CNCc1cc(C(N)=O)ccc1F. The molecule has 0 bridgehead atoms. The molecule has 4 heteroatoms. The van der Waals surface area contributed by atoms with E-state index in [-0.39, 0.29) is 5.82 Å². The predicted molar refractivity (Wildman–Crippen MR) is 79.9 cm³/mol. The second kappa shape index (κ2) is 8.69. The Morgan fingerprint density at radius 1 is 1.40 bits per heavy atom. The van der Waals surface area contributed by atoms with Crippen LogP contribution in [0.4, 0.5) is 4.39 Å². The van der Waals surface area contributed by atoms with Crippen molar-refractivity contribution in [1.82, 2.24) is 5.32 Å². The fourth-order valence-corrected chi connectivity index (χ4v) is 2.22. The van der Waals surface area contributed by atoms with Crippen LogP contribution in [-0.2, 0) is 6.54 Å². The molecule has 0 saturated carbocycles. The summed E-state index contributed by atoms with van der Waals surface area (Å²) in [6, 6.07) is 4.24. The molecule has 0 radical (unpaired) electrons. The Morgan fingerprint density at radius 2 is 2.15 bits per heavy atom. The van der Waals surface area contributed by atoms with Gasteiger partial charge in [-0.3, -0.25) is 4.79 Å². The van der Waals surface area contributed by atoms with Gasteiger partial charge < -0.3 is 11.1 Å². The highest BCUT2D eigenvalue weighted by Crippen LogP contribution is 2.13. The Morgan fingerprint density at radius 3 is 2.75 bits per heavy atom. The van der Waals surface area contributed by atoms with Gasteiger partial charge in [0.15, 0.2) is 0 Å². The maximum absolute atomic E-state index is 13.6. The van der Waals surface area contributed by atoms with E-state index in [9.17, 15) is 9.18 Å². The number of hydrogen-bond acceptors (Lipinski definition) is 2. The molecule has 0 spiro atoms. The number of unbranched alkanes of at least 4 members (excludes halogenated alkanes) is 1. The van der Waals surface area contributed by atoms with Crippen LogP contribution in [-0.4, -0.2) is 12.5 Å². The number of halogens is 1. The summed E-state index contributed by atoms with van der Waals surface area (Å²) in [6.07, 6.45) is 4.75. The largest absolute Gasteiger partial charge is 0.366 e. The number of carbonyl (C=O) groups excluding carboxylic acids is 1. The third kappa shape index (κ3) is 5.29. The molecule has 1 unspecified atom stereocenters. The Kier molecular flexibility index (Phi) is 7.23. The molecule has 0 fully saturated rings. The summed E-state index contributed by atoms with van der Waals surface area (Å²) in [5.41, 5.74) is 6.04. The van der Waals surface area contributed by atoms with Gasteiger partial charge in [-0.05, 0) is 37.1 Å². The molecule has 112 valence electrons. The first-order chi connectivity index (χ1) is 9.58. The minimum absolute atomic E-state index is 0.302. The Labute approximate surface area is 120 Å². The van der Waals surface area contributed by atoms with E-state index < -0.39 is 5.91 Å². The number of benzene rings is 1. The average Bonchev–Trinajstić information content (AvgIpc) is 2.44. The van der Waals surface area contributed by atoms with Crippen molar-refractivity contribution >= 4 is 5.91 Å². The fraction of sp³-hybridized carbons (Fsp3) is 0.562. The molecule has 20 heavy (non-hydrogen) atoms. The first-order valence-corrected chi connectivity index (χ1v) is 7.37. The molecule has 1 aromatic rings. The fourth-order valence-electron chi connectivity index (χ4n) is 2.22. The van der Waals surface area contributed by atoms with Crippen LogP contribution >= 0.6 is 0 Å². The van der Waals surface area contributed by atoms with E-state index in [1.807, 2.05) is 0 Å². The van der Waals surface area contributed by atoms with Crippen LogP contribution in [0.25, 0.3) is 0 Å². The van der Waals surface area contributed by atoms with Crippen LogP contribution in [0.15, 0.2) is 18.2 Å². The summed E-state index contributed by atoms with van der Waals surface area (Å²) in [5.74, 6) is -0.206. The van der Waals surface area contributed by atoms with E-state index >= 15 is 0 Å². The zero-order chi connectivity index (χ0) is 15.0. The highest BCUT2D eigenvalue weighted by molar-refractivity contribution is 5.92. The van der Waals surface area contributed by atoms with Crippen molar-refractivity contribution in [2.24, 2.45) is 11.7 Å². The van der Waals surface area contributed by atoms with Gasteiger partial charge >= 0.3 is 0 Å². The average molecular weight is 280 g/mol. The van der Waals surface area contributed by atoms with Crippen molar-refractivity contribution in [2.45, 2.75) is 46.1 Å². The second-order valence-corrected chi connectivity index (χ2v) is 5.22. The summed E-state index contributed by atoms with van der Waals surface area (Å²) < 4.78 is 13.6. The maximum Gasteiger partial charge on any atom is 0.248 e. The van der Waals surface area contributed by atoms with E-state index in [4.69, 9.17) is 5.73 Å². The highest BCUT2D eigenvalue weighted by atomic mass is 19.1. The van der Waals surface area contributed by atoms with Crippen molar-refractivity contribution in [3.63, 3.8) is 0 Å². The summed E-state index contributed by atoms with van der Waals surface area (Å²) in [4.78, 5) is 11.1. The monoisotopic (exact) mass is 280 g/mol. The van der Waals surface area contributed by atoms with E-state index in [0.29, 0.717) is 23.6 Å². The standard InChI is InChI=1S/C16H25FN2O/c1-3-5-6-12(4-2)10-19-11-14-9-13(16(18)20)7-8-15(14)17/h7-9,12,19H,3-6,10-11H2,1-2H3,(H2,18,20). The summed E-state index contributed by atoms with van der Waals surface area (Å²) >= 11 is 0. The van der Waals surface area contributed by atoms with Gasteiger partial charge in [-0.2, -0.15) is 0 Å². The molecule has 0 heterocycles. The summed E-state index contributed by atoms with van der Waals surface area (Å²) in [7, 11) is 0. The lowest BCUT2D eigenvalue weighted by Crippen LogP contribution is -2.23. The van der Waals surface area contributed by atoms with Gasteiger partial charge in [0, 0.05) is 17.7 Å². The number of rotatable bonds is 9. The van der Waals surface area contributed by atoms with Gasteiger partial charge in [-0.1, -0.05) is 33.1 Å². The number of primary amides is 1. The quantitative estimate of drug-likeness (QED) is 0.729. The van der Waals surface area contributed by atoms with Gasteiger partial charge in [-0.15, -0.1) is 0 Å². The van der Waals surface area contributed by atoms with Gasteiger partial charge in [0.25, 0.3) is 0 Å². The Balaban J connectivity index is 2.52. The first kappa shape index (κ1) is 16.6. The maximum atomic E-state index is 13.6. The number of hydrogen-bond donors (Lipinski definition) is 2. The molecule has 1 amide bonds. The van der Waals surface area contributed by atoms with Crippen molar-refractivity contribution < 1.29 is 9.18 Å². The Bertz CT molecular complexity index is 434. The van der Waals surface area contributed by atoms with Crippen LogP contribution in [0, 0.1) is 11.7 Å². The van der Waals surface area contributed by atoms with E-state index in [1.165, 1.54) is 37.5 Å². The van der Waals surface area contributed by atoms with Crippen molar-refractivity contribution in [2.75, 3.05) is 6.54 Å². The predicted octanol–water partition coefficient (Wildman–Crippen LogP) is 3.23. The summed E-state index contributed by atoms with van der Waals surface area (Å²) in [6.45, 7) is 5.66. The lowest BCUT2D eigenvalue weighted by atomic mass is 9.99. The van der Waals surface area contributed by atoms with E-state index in [1.54, 1.807) is 0 Å². The van der Waals surface area contributed by atoms with Gasteiger partial charge in [-0.25, -0.2) is 4.39 Å². The van der Waals surface area contributed by atoms with Gasteiger partial charge in [0.1, 0.15) is 5.82 Å². The number of amides is 1. The normalized spacial score (nSPS) is 12.3. The van der Waals surface area contributed by atoms with Crippen LogP contribution in [0.1, 0.15) is 55.5 Å². The molecular formula is C16H25FN2O. The molecule has 0 aliphatic heterocycles. The smallest absolute Gasteiger partial charge is 0.248 e. The molecule has 1 atom stereocenters. The zero-order valence-corrected chi connectivity index (χ0v) is 12.4. The topological polar surface area (TPSA) is 55.1 Å². The molecule has 1 rings (SSSR count). The van der Waals surface area contributed by atoms with Crippen molar-refractivity contribution in [3.05, 3.63) is 35.1 Å². The molecule has 0 saturated heterocycles.